The zero-order chi connectivity index (χ0) is 14.1. The smallest absolute Gasteiger partial charge is 0.106 e. The fraction of sp³-hybridized carbons (Fsp3) is 0.533. The number of nitrogens with two attached hydrogens (primary N) is 1. The number of fused-ring (bicyclic) bond motifs is 1. The van der Waals surface area contributed by atoms with E-state index in [1.54, 1.807) is 0 Å². The van der Waals surface area contributed by atoms with Crippen molar-refractivity contribution < 1.29 is 4.74 Å². The molecule has 2 atom stereocenters. The van der Waals surface area contributed by atoms with Gasteiger partial charge >= 0.3 is 0 Å². The number of ether oxygens (including phenoxy) is 1. The van der Waals surface area contributed by atoms with Crippen LogP contribution in [0.4, 0.5) is 5.69 Å². The molecule has 1 aromatic carbocycles. The van der Waals surface area contributed by atoms with Gasteiger partial charge in [0.15, 0.2) is 0 Å². The highest BCUT2D eigenvalue weighted by atomic mass is 79.9. The first-order chi connectivity index (χ1) is 9.66. The normalized spacial score (nSPS) is 26.1. The summed E-state index contributed by atoms with van der Waals surface area (Å²) in [5.74, 6) is 0. The Morgan fingerprint density at radius 2 is 2.15 bits per heavy atom. The molecule has 1 aliphatic heterocycles. The average molecular weight is 355 g/mol. The summed E-state index contributed by atoms with van der Waals surface area (Å²) >= 11 is 8.72. The molecular weight excluding hydrogens is 336 g/mol. The summed E-state index contributed by atoms with van der Waals surface area (Å²) in [6.07, 6.45) is 5.27. The van der Waals surface area contributed by atoms with Crippen LogP contribution in [0.3, 0.4) is 0 Å². The molecule has 0 radical (unpaired) electrons. The number of rotatable bonds is 2. The summed E-state index contributed by atoms with van der Waals surface area (Å²) in [5.41, 5.74) is 8.02. The maximum absolute atomic E-state index is 5.94. The van der Waals surface area contributed by atoms with Gasteiger partial charge in [-0.25, -0.2) is 0 Å². The van der Waals surface area contributed by atoms with Crippen molar-refractivity contribution in [3.05, 3.63) is 28.2 Å². The van der Waals surface area contributed by atoms with Crippen molar-refractivity contribution in [2.75, 3.05) is 18.1 Å². The molecule has 0 aromatic heterocycles. The lowest BCUT2D eigenvalue weighted by molar-refractivity contribution is -0.00868. The van der Waals surface area contributed by atoms with E-state index in [2.05, 4.69) is 33.0 Å². The fourth-order valence-corrected chi connectivity index (χ4v) is 3.88. The Hall–Kier alpha value is -0.650. The van der Waals surface area contributed by atoms with E-state index in [1.165, 1.54) is 25.7 Å². The van der Waals surface area contributed by atoms with Gasteiger partial charge in [-0.1, -0.05) is 41.0 Å². The Balaban J connectivity index is 1.96. The minimum Gasteiger partial charge on any atom is -0.389 e. The molecule has 3 nitrogen and oxygen atoms in total. The number of benzene rings is 1. The quantitative estimate of drug-likeness (QED) is 0.827. The summed E-state index contributed by atoms with van der Waals surface area (Å²) < 4.78 is 6.95. The van der Waals surface area contributed by atoms with Gasteiger partial charge in [0.05, 0.1) is 18.8 Å². The van der Waals surface area contributed by atoms with Gasteiger partial charge in [-0.3, -0.25) is 0 Å². The average Bonchev–Trinajstić information content (AvgIpc) is 2.46. The van der Waals surface area contributed by atoms with Crippen molar-refractivity contribution in [1.82, 2.24) is 0 Å². The van der Waals surface area contributed by atoms with Crippen LogP contribution in [0.25, 0.3) is 0 Å². The largest absolute Gasteiger partial charge is 0.389 e. The van der Waals surface area contributed by atoms with Gasteiger partial charge in [0.1, 0.15) is 4.99 Å². The van der Waals surface area contributed by atoms with Gasteiger partial charge in [0.25, 0.3) is 0 Å². The number of hydrogen-bond donors (Lipinski definition) is 1. The van der Waals surface area contributed by atoms with Gasteiger partial charge < -0.3 is 15.4 Å². The lowest BCUT2D eigenvalue weighted by Gasteiger charge is -2.45. The highest BCUT2D eigenvalue weighted by Gasteiger charge is 2.35. The fourth-order valence-electron chi connectivity index (χ4n) is 3.35. The summed E-state index contributed by atoms with van der Waals surface area (Å²) in [4.78, 5) is 2.91. The molecule has 108 valence electrons. The minimum atomic E-state index is 0.361. The van der Waals surface area contributed by atoms with Crippen LogP contribution in [0, 0.1) is 0 Å². The summed E-state index contributed by atoms with van der Waals surface area (Å²) in [6.45, 7) is 1.70. The molecule has 1 saturated carbocycles. The number of hydrogen-bond acceptors (Lipinski definition) is 3. The first kappa shape index (κ1) is 14.3. The molecule has 1 aromatic rings. The van der Waals surface area contributed by atoms with Crippen LogP contribution in [-0.4, -0.2) is 30.3 Å². The first-order valence-electron chi connectivity index (χ1n) is 7.14. The van der Waals surface area contributed by atoms with Gasteiger partial charge in [0.2, 0.25) is 0 Å². The summed E-state index contributed by atoms with van der Waals surface area (Å²) in [6, 6.07) is 6.66. The molecule has 3 rings (SSSR count). The summed E-state index contributed by atoms with van der Waals surface area (Å²) in [5, 5.41) is 0. The van der Waals surface area contributed by atoms with Crippen LogP contribution in [-0.2, 0) is 4.74 Å². The van der Waals surface area contributed by atoms with Gasteiger partial charge in [-0.15, -0.1) is 0 Å². The van der Waals surface area contributed by atoms with Gasteiger partial charge in [-0.05, 0) is 31.0 Å². The van der Waals surface area contributed by atoms with E-state index in [1.807, 2.05) is 6.07 Å². The molecule has 2 fully saturated rings. The Morgan fingerprint density at radius 3 is 2.95 bits per heavy atom. The van der Waals surface area contributed by atoms with Crippen LogP contribution >= 0.6 is 28.1 Å². The van der Waals surface area contributed by atoms with Crippen LogP contribution < -0.4 is 10.6 Å². The standard InChI is InChI=1S/C15H19BrN2OS/c16-10-5-6-12(11(9-10)15(17)20)18-7-8-19-14-4-2-1-3-13(14)18/h5-6,9,13-14H,1-4,7-8H2,(H2,17,20). The Bertz CT molecular complexity index is 521. The Labute approximate surface area is 133 Å². The van der Waals surface area contributed by atoms with Crippen molar-refractivity contribution >= 4 is 38.8 Å². The second kappa shape index (κ2) is 6.00. The molecule has 5 heteroatoms. The molecule has 0 spiro atoms. The second-order valence-corrected chi connectivity index (χ2v) is 6.84. The van der Waals surface area contributed by atoms with Crippen molar-refractivity contribution in [2.45, 2.75) is 37.8 Å². The molecule has 1 aliphatic carbocycles. The van der Waals surface area contributed by atoms with E-state index in [9.17, 15) is 0 Å². The third kappa shape index (κ3) is 2.71. The van der Waals surface area contributed by atoms with E-state index < -0.39 is 0 Å². The third-order valence-corrected chi connectivity index (χ3v) is 4.98. The van der Waals surface area contributed by atoms with Crippen molar-refractivity contribution in [3.8, 4) is 0 Å². The number of nitrogens with zero attached hydrogens (tertiary/aromatic N) is 1. The van der Waals surface area contributed by atoms with E-state index in [4.69, 9.17) is 22.7 Å². The third-order valence-electron chi connectivity index (χ3n) is 4.27. The minimum absolute atomic E-state index is 0.361. The maximum atomic E-state index is 5.94. The van der Waals surface area contributed by atoms with Crippen LogP contribution in [0.5, 0.6) is 0 Å². The van der Waals surface area contributed by atoms with Crippen LogP contribution in [0.1, 0.15) is 31.2 Å². The molecule has 0 amide bonds. The lowest BCUT2D eigenvalue weighted by Crippen LogP contribution is -2.53. The number of anilines is 1. The van der Waals surface area contributed by atoms with Crippen LogP contribution in [0.2, 0.25) is 0 Å². The number of morpholine rings is 1. The SMILES string of the molecule is NC(=S)c1cc(Br)ccc1N1CCOC2CCCCC21. The Kier molecular flexibility index (Phi) is 4.29. The molecule has 2 N–H and O–H groups in total. The monoisotopic (exact) mass is 354 g/mol. The Morgan fingerprint density at radius 1 is 1.35 bits per heavy atom. The van der Waals surface area contributed by atoms with E-state index in [0.29, 0.717) is 17.1 Å². The van der Waals surface area contributed by atoms with Crippen LogP contribution in [0.15, 0.2) is 22.7 Å². The van der Waals surface area contributed by atoms with Gasteiger partial charge in [-0.2, -0.15) is 0 Å². The summed E-state index contributed by atoms with van der Waals surface area (Å²) in [7, 11) is 0. The van der Waals surface area contributed by atoms with E-state index in [-0.39, 0.29) is 0 Å². The number of thiocarbonyl (C=S) groups is 1. The zero-order valence-corrected chi connectivity index (χ0v) is 13.8. The van der Waals surface area contributed by atoms with E-state index in [0.717, 1.165) is 28.9 Å². The second-order valence-electron chi connectivity index (χ2n) is 5.48. The first-order valence-corrected chi connectivity index (χ1v) is 8.34. The number of halogens is 1. The molecule has 2 unspecified atom stereocenters. The molecular formula is C15H19BrN2OS. The molecule has 2 aliphatic rings. The predicted octanol–water partition coefficient (Wildman–Crippen LogP) is 3.23. The van der Waals surface area contributed by atoms with Crippen molar-refractivity contribution in [2.24, 2.45) is 5.73 Å². The molecule has 1 saturated heterocycles. The molecule has 0 bridgehead atoms. The van der Waals surface area contributed by atoms with Crippen molar-refractivity contribution in [3.63, 3.8) is 0 Å². The highest BCUT2D eigenvalue weighted by molar-refractivity contribution is 9.10. The maximum Gasteiger partial charge on any atom is 0.106 e. The molecule has 1 heterocycles. The molecule has 20 heavy (non-hydrogen) atoms. The van der Waals surface area contributed by atoms with E-state index >= 15 is 0 Å². The predicted molar refractivity (Wildman–Crippen MR) is 89.4 cm³/mol. The highest BCUT2D eigenvalue weighted by Crippen LogP contribution is 2.34. The lowest BCUT2D eigenvalue weighted by atomic mass is 9.89. The van der Waals surface area contributed by atoms with Gasteiger partial charge in [0, 0.05) is 22.3 Å². The van der Waals surface area contributed by atoms with Crippen molar-refractivity contribution in [1.29, 1.82) is 0 Å². The zero-order valence-electron chi connectivity index (χ0n) is 11.3. The topological polar surface area (TPSA) is 38.5 Å².